The van der Waals surface area contributed by atoms with Gasteiger partial charge in [-0.05, 0) is 12.1 Å². The average Bonchev–Trinajstić information content (AvgIpc) is 2.59. The smallest absolute Gasteiger partial charge is 0.305 e. The average molecular weight is 206 g/mol. The summed E-state index contributed by atoms with van der Waals surface area (Å²) in [6.45, 7) is 0.311. The largest absolute Gasteiger partial charge is 0.481 e. The van der Waals surface area contributed by atoms with Gasteiger partial charge in [-0.15, -0.1) is 0 Å². The van der Waals surface area contributed by atoms with Crippen LogP contribution in [0.15, 0.2) is 29.3 Å². The summed E-state index contributed by atoms with van der Waals surface area (Å²) in [6.07, 6.45) is 3.31. The first-order valence-corrected chi connectivity index (χ1v) is 4.57. The summed E-state index contributed by atoms with van der Waals surface area (Å²) in [4.78, 5) is 24.5. The van der Waals surface area contributed by atoms with Crippen molar-refractivity contribution in [2.75, 3.05) is 0 Å². The maximum absolute atomic E-state index is 11.5. The van der Waals surface area contributed by atoms with Gasteiger partial charge in [0.05, 0.1) is 6.42 Å². The van der Waals surface area contributed by atoms with Gasteiger partial charge in [-0.1, -0.05) is 0 Å². The minimum absolute atomic E-state index is 0.0120. The molecule has 0 unspecified atom stereocenters. The molecule has 15 heavy (non-hydrogen) atoms. The van der Waals surface area contributed by atoms with Crippen LogP contribution < -0.4 is 5.56 Å². The molecule has 0 aromatic carbocycles. The zero-order valence-corrected chi connectivity index (χ0v) is 7.93. The highest BCUT2D eigenvalue weighted by molar-refractivity contribution is 5.79. The quantitative estimate of drug-likeness (QED) is 0.780. The second-order valence-corrected chi connectivity index (χ2v) is 3.26. The highest BCUT2D eigenvalue weighted by atomic mass is 16.4. The Bertz CT molecular complexity index is 553. The van der Waals surface area contributed by atoms with Gasteiger partial charge in [0.25, 0.3) is 5.56 Å². The molecule has 2 heterocycles. The summed E-state index contributed by atoms with van der Waals surface area (Å²) >= 11 is 0. The molecule has 0 spiro atoms. The molecule has 0 saturated carbocycles. The molecule has 0 radical (unpaired) electrons. The summed E-state index contributed by atoms with van der Waals surface area (Å²) in [5.74, 6) is -0.871. The van der Waals surface area contributed by atoms with E-state index >= 15 is 0 Å². The molecule has 0 aliphatic rings. The van der Waals surface area contributed by atoms with Gasteiger partial charge >= 0.3 is 5.97 Å². The third-order valence-corrected chi connectivity index (χ3v) is 2.25. The number of rotatable bonds is 3. The second kappa shape index (κ2) is 3.61. The van der Waals surface area contributed by atoms with Crippen LogP contribution in [0.2, 0.25) is 0 Å². The fourth-order valence-corrected chi connectivity index (χ4v) is 1.56. The minimum atomic E-state index is -0.871. The Morgan fingerprint density at radius 1 is 1.47 bits per heavy atom. The van der Waals surface area contributed by atoms with E-state index in [-0.39, 0.29) is 12.0 Å². The molecular formula is C10H10N2O3. The summed E-state index contributed by atoms with van der Waals surface area (Å²) in [5, 5.41) is 9.38. The first-order valence-electron chi connectivity index (χ1n) is 4.57. The van der Waals surface area contributed by atoms with Crippen LogP contribution in [0.4, 0.5) is 0 Å². The van der Waals surface area contributed by atoms with Crippen molar-refractivity contribution in [1.82, 2.24) is 9.55 Å². The van der Waals surface area contributed by atoms with Crippen molar-refractivity contribution in [2.45, 2.75) is 13.0 Å². The van der Waals surface area contributed by atoms with Crippen molar-refractivity contribution >= 4 is 16.9 Å². The fraction of sp³-hybridized carbons (Fsp3) is 0.200. The number of aromatic amines is 1. The lowest BCUT2D eigenvalue weighted by atomic mass is 10.3. The van der Waals surface area contributed by atoms with Crippen molar-refractivity contribution in [2.24, 2.45) is 0 Å². The van der Waals surface area contributed by atoms with E-state index in [1.807, 2.05) is 0 Å². The van der Waals surface area contributed by atoms with Crippen LogP contribution in [0.25, 0.3) is 10.9 Å². The maximum atomic E-state index is 11.5. The summed E-state index contributed by atoms with van der Waals surface area (Å²) < 4.78 is 1.66. The molecule has 0 saturated heterocycles. The number of nitrogens with one attached hydrogen (secondary N) is 1. The van der Waals surface area contributed by atoms with Crippen molar-refractivity contribution in [1.29, 1.82) is 0 Å². The summed E-state index contributed by atoms with van der Waals surface area (Å²) in [6, 6.07) is 3.58. The lowest BCUT2D eigenvalue weighted by Gasteiger charge is -2.01. The number of aliphatic carboxylic acids is 1. The Morgan fingerprint density at radius 2 is 2.27 bits per heavy atom. The molecule has 2 N–H and O–H groups in total. The molecule has 0 aliphatic heterocycles. The zero-order valence-electron chi connectivity index (χ0n) is 7.93. The van der Waals surface area contributed by atoms with Crippen LogP contribution in [0.3, 0.4) is 0 Å². The first kappa shape index (κ1) is 9.51. The number of hydrogen-bond acceptors (Lipinski definition) is 2. The molecule has 0 atom stereocenters. The van der Waals surface area contributed by atoms with Gasteiger partial charge in [-0.2, -0.15) is 0 Å². The van der Waals surface area contributed by atoms with E-state index in [4.69, 9.17) is 5.11 Å². The Labute approximate surface area is 85.0 Å². The number of carboxylic acids is 1. The first-order chi connectivity index (χ1) is 7.18. The molecule has 0 aliphatic carbocycles. The highest BCUT2D eigenvalue weighted by Gasteiger charge is 2.05. The fourth-order valence-electron chi connectivity index (χ4n) is 1.56. The molecule has 2 rings (SSSR count). The molecule has 0 amide bonds. The van der Waals surface area contributed by atoms with Crippen molar-refractivity contribution in [3.63, 3.8) is 0 Å². The molecule has 5 heteroatoms. The summed E-state index contributed by atoms with van der Waals surface area (Å²) in [5.41, 5.74) is 0.335. The predicted octanol–water partition coefficient (Wildman–Crippen LogP) is 0.804. The SMILES string of the molecule is O=C(O)CCn1ccc2cc[nH]c(=O)c21. The maximum Gasteiger partial charge on any atom is 0.305 e. The van der Waals surface area contributed by atoms with Gasteiger partial charge < -0.3 is 14.7 Å². The van der Waals surface area contributed by atoms with Crippen LogP contribution in [-0.4, -0.2) is 20.6 Å². The normalized spacial score (nSPS) is 10.7. The van der Waals surface area contributed by atoms with Crippen LogP contribution in [-0.2, 0) is 11.3 Å². The lowest BCUT2D eigenvalue weighted by molar-refractivity contribution is -0.137. The van der Waals surface area contributed by atoms with Gasteiger partial charge in [0.15, 0.2) is 0 Å². The van der Waals surface area contributed by atoms with Gasteiger partial charge in [0.1, 0.15) is 5.52 Å². The molecule has 2 aromatic heterocycles. The van der Waals surface area contributed by atoms with E-state index in [1.54, 1.807) is 29.1 Å². The number of aromatic nitrogens is 2. The number of pyridine rings is 1. The number of fused-ring (bicyclic) bond motifs is 1. The lowest BCUT2D eigenvalue weighted by Crippen LogP contribution is -2.11. The number of carboxylic acid groups (broad SMARTS) is 1. The van der Waals surface area contributed by atoms with E-state index in [0.717, 1.165) is 5.39 Å². The monoisotopic (exact) mass is 206 g/mol. The Kier molecular flexibility index (Phi) is 2.29. The Hall–Kier alpha value is -2.04. The molecular weight excluding hydrogens is 196 g/mol. The van der Waals surface area contributed by atoms with Gasteiger partial charge in [0, 0.05) is 24.3 Å². The number of nitrogens with zero attached hydrogens (tertiary/aromatic N) is 1. The Balaban J connectivity index is 2.44. The third-order valence-electron chi connectivity index (χ3n) is 2.25. The standard InChI is InChI=1S/C10H10N2O3/c13-8(14)3-6-12-5-2-7-1-4-11-10(15)9(7)12/h1-2,4-5H,3,6H2,(H,11,15)(H,13,14). The van der Waals surface area contributed by atoms with Gasteiger partial charge in [0.2, 0.25) is 0 Å². The summed E-state index contributed by atoms with van der Waals surface area (Å²) in [7, 11) is 0. The molecule has 5 nitrogen and oxygen atoms in total. The van der Waals surface area contributed by atoms with E-state index in [2.05, 4.69) is 4.98 Å². The molecule has 78 valence electrons. The number of hydrogen-bond donors (Lipinski definition) is 2. The zero-order chi connectivity index (χ0) is 10.8. The third kappa shape index (κ3) is 1.76. The number of aryl methyl sites for hydroxylation is 1. The van der Waals surface area contributed by atoms with Crippen molar-refractivity contribution in [3.8, 4) is 0 Å². The number of H-pyrrole nitrogens is 1. The van der Waals surface area contributed by atoms with Crippen LogP contribution >= 0.6 is 0 Å². The molecule has 2 aromatic rings. The van der Waals surface area contributed by atoms with E-state index < -0.39 is 5.97 Å². The van der Waals surface area contributed by atoms with Crippen molar-refractivity contribution in [3.05, 3.63) is 34.9 Å². The van der Waals surface area contributed by atoms with Gasteiger partial charge in [-0.25, -0.2) is 0 Å². The van der Waals surface area contributed by atoms with E-state index in [1.165, 1.54) is 0 Å². The van der Waals surface area contributed by atoms with E-state index in [0.29, 0.717) is 12.1 Å². The minimum Gasteiger partial charge on any atom is -0.481 e. The topological polar surface area (TPSA) is 75.1 Å². The van der Waals surface area contributed by atoms with Gasteiger partial charge in [-0.3, -0.25) is 9.59 Å². The van der Waals surface area contributed by atoms with Crippen LogP contribution in [0.1, 0.15) is 6.42 Å². The highest BCUT2D eigenvalue weighted by Crippen LogP contribution is 2.10. The van der Waals surface area contributed by atoms with Crippen LogP contribution in [0, 0.1) is 0 Å². The second-order valence-electron chi connectivity index (χ2n) is 3.26. The Morgan fingerprint density at radius 3 is 3.00 bits per heavy atom. The molecule has 0 fully saturated rings. The van der Waals surface area contributed by atoms with Crippen molar-refractivity contribution < 1.29 is 9.90 Å². The number of carbonyl (C=O) groups is 1. The van der Waals surface area contributed by atoms with E-state index in [9.17, 15) is 9.59 Å². The molecule has 0 bridgehead atoms. The predicted molar refractivity (Wildman–Crippen MR) is 54.8 cm³/mol. The van der Waals surface area contributed by atoms with Crippen LogP contribution in [0.5, 0.6) is 0 Å².